The van der Waals surface area contributed by atoms with Crippen molar-refractivity contribution in [2.45, 2.75) is 32.2 Å². The molecule has 124 valence electrons. The maximum atomic E-state index is 12.9. The van der Waals surface area contributed by atoms with Crippen LogP contribution in [0, 0.1) is 6.92 Å². The van der Waals surface area contributed by atoms with Gasteiger partial charge in [-0.2, -0.15) is 0 Å². The zero-order chi connectivity index (χ0) is 16.5. The summed E-state index contributed by atoms with van der Waals surface area (Å²) in [5, 5.41) is 0. The van der Waals surface area contributed by atoms with E-state index in [0.717, 1.165) is 31.6 Å². The first-order valence-corrected chi connectivity index (χ1v) is 8.91. The van der Waals surface area contributed by atoms with Crippen LogP contribution in [-0.2, 0) is 11.2 Å². The van der Waals surface area contributed by atoms with E-state index < -0.39 is 0 Å². The number of likely N-dealkylation sites (tertiary alicyclic amines) is 1. The summed E-state index contributed by atoms with van der Waals surface area (Å²) in [6, 6.07) is 17.4. The Balaban J connectivity index is 1.49. The maximum Gasteiger partial charge on any atom is 0.241 e. The Labute approximate surface area is 143 Å². The van der Waals surface area contributed by atoms with Gasteiger partial charge in [0.1, 0.15) is 0 Å². The monoisotopic (exact) mass is 320 g/mol. The summed E-state index contributed by atoms with van der Waals surface area (Å²) in [5.74, 6) is 0.236. The molecule has 1 unspecified atom stereocenters. The number of aryl methyl sites for hydroxylation is 1. The van der Waals surface area contributed by atoms with Gasteiger partial charge in [-0.05, 0) is 49.9 Å². The van der Waals surface area contributed by atoms with E-state index in [-0.39, 0.29) is 5.91 Å². The molecule has 0 saturated carbocycles. The molecule has 2 aliphatic heterocycles. The summed E-state index contributed by atoms with van der Waals surface area (Å²) in [4.78, 5) is 17.2. The van der Waals surface area contributed by atoms with Crippen molar-refractivity contribution in [1.29, 1.82) is 0 Å². The van der Waals surface area contributed by atoms with Gasteiger partial charge in [0.05, 0.1) is 6.54 Å². The highest BCUT2D eigenvalue weighted by atomic mass is 16.2. The largest absolute Gasteiger partial charge is 0.311 e. The molecule has 1 amide bonds. The van der Waals surface area contributed by atoms with Crippen molar-refractivity contribution in [2.24, 2.45) is 0 Å². The molecule has 2 heterocycles. The Hall–Kier alpha value is -2.13. The lowest BCUT2D eigenvalue weighted by molar-refractivity contribution is -0.119. The highest BCUT2D eigenvalue weighted by Gasteiger charge is 2.31. The molecule has 0 N–H and O–H groups in total. The molecule has 0 aromatic heterocycles. The lowest BCUT2D eigenvalue weighted by Gasteiger charge is -2.27. The summed E-state index contributed by atoms with van der Waals surface area (Å²) >= 11 is 0. The van der Waals surface area contributed by atoms with E-state index in [0.29, 0.717) is 12.6 Å². The molecule has 1 fully saturated rings. The number of nitrogens with zero attached hydrogens (tertiary/aromatic N) is 2. The summed E-state index contributed by atoms with van der Waals surface area (Å²) in [5.41, 5.74) is 5.04. The van der Waals surface area contributed by atoms with Crippen molar-refractivity contribution >= 4 is 11.6 Å². The number of carbonyl (C=O) groups excluding carboxylic acids is 1. The molecule has 4 rings (SSSR count). The van der Waals surface area contributed by atoms with Gasteiger partial charge < -0.3 is 4.90 Å². The number of hydrogen-bond donors (Lipinski definition) is 0. The minimum Gasteiger partial charge on any atom is -0.311 e. The number of carbonyl (C=O) groups is 1. The standard InChI is InChI=1S/C21H24N2O/c1-16-6-4-8-18(14-16)19-10-5-12-22(19)15-21(24)23-13-11-17-7-2-3-9-20(17)23/h2-4,6-9,14,19H,5,10-13,15H2,1H3. The highest BCUT2D eigenvalue weighted by Crippen LogP contribution is 2.33. The van der Waals surface area contributed by atoms with Crippen molar-refractivity contribution in [2.75, 3.05) is 24.5 Å². The minimum absolute atomic E-state index is 0.236. The molecule has 2 aromatic rings. The van der Waals surface area contributed by atoms with Gasteiger partial charge >= 0.3 is 0 Å². The third kappa shape index (κ3) is 2.84. The second kappa shape index (κ2) is 6.40. The van der Waals surface area contributed by atoms with Gasteiger partial charge in [-0.25, -0.2) is 0 Å². The molecule has 0 aliphatic carbocycles. The Morgan fingerprint density at radius 2 is 2.00 bits per heavy atom. The van der Waals surface area contributed by atoms with Gasteiger partial charge in [0.2, 0.25) is 5.91 Å². The van der Waals surface area contributed by atoms with Crippen LogP contribution in [0.4, 0.5) is 5.69 Å². The number of anilines is 1. The average molecular weight is 320 g/mol. The first kappa shape index (κ1) is 15.4. The molecule has 3 nitrogen and oxygen atoms in total. The summed E-state index contributed by atoms with van der Waals surface area (Å²) in [7, 11) is 0. The van der Waals surface area contributed by atoms with E-state index in [2.05, 4.69) is 54.3 Å². The quantitative estimate of drug-likeness (QED) is 0.860. The average Bonchev–Trinajstić information content (AvgIpc) is 3.21. The predicted octanol–water partition coefficient (Wildman–Crippen LogP) is 3.72. The van der Waals surface area contributed by atoms with Gasteiger partial charge in [0.25, 0.3) is 0 Å². The molecule has 3 heteroatoms. The fourth-order valence-corrected chi connectivity index (χ4v) is 4.13. The topological polar surface area (TPSA) is 23.6 Å². The van der Waals surface area contributed by atoms with Crippen molar-refractivity contribution in [1.82, 2.24) is 4.90 Å². The van der Waals surface area contributed by atoms with E-state index in [1.165, 1.54) is 23.1 Å². The predicted molar refractivity (Wildman–Crippen MR) is 97.2 cm³/mol. The van der Waals surface area contributed by atoms with Crippen LogP contribution in [-0.4, -0.2) is 30.4 Å². The van der Waals surface area contributed by atoms with Crippen molar-refractivity contribution in [3.05, 3.63) is 65.2 Å². The van der Waals surface area contributed by atoms with Gasteiger partial charge in [-0.1, -0.05) is 48.0 Å². The number of hydrogen-bond acceptors (Lipinski definition) is 2. The number of fused-ring (bicyclic) bond motifs is 1. The zero-order valence-electron chi connectivity index (χ0n) is 14.2. The van der Waals surface area contributed by atoms with Crippen LogP contribution in [0.3, 0.4) is 0 Å². The lowest BCUT2D eigenvalue weighted by atomic mass is 10.0. The zero-order valence-corrected chi connectivity index (χ0v) is 14.2. The highest BCUT2D eigenvalue weighted by molar-refractivity contribution is 5.96. The second-order valence-electron chi connectivity index (χ2n) is 6.97. The molecule has 0 radical (unpaired) electrons. The van der Waals surface area contributed by atoms with Crippen molar-refractivity contribution in [3.63, 3.8) is 0 Å². The Morgan fingerprint density at radius 1 is 1.12 bits per heavy atom. The fraction of sp³-hybridized carbons (Fsp3) is 0.381. The molecule has 1 atom stereocenters. The number of para-hydroxylation sites is 1. The Morgan fingerprint density at radius 3 is 2.88 bits per heavy atom. The van der Waals surface area contributed by atoms with Gasteiger partial charge in [-0.3, -0.25) is 9.69 Å². The number of rotatable bonds is 3. The van der Waals surface area contributed by atoms with Crippen LogP contribution in [0.25, 0.3) is 0 Å². The van der Waals surface area contributed by atoms with E-state index in [9.17, 15) is 4.79 Å². The van der Waals surface area contributed by atoms with Crippen LogP contribution in [0.2, 0.25) is 0 Å². The third-order valence-corrected chi connectivity index (χ3v) is 5.32. The van der Waals surface area contributed by atoms with E-state index in [4.69, 9.17) is 0 Å². The minimum atomic E-state index is 0.236. The summed E-state index contributed by atoms with van der Waals surface area (Å²) < 4.78 is 0. The Kier molecular flexibility index (Phi) is 4.11. The van der Waals surface area contributed by atoms with Gasteiger partial charge in [0.15, 0.2) is 0 Å². The summed E-state index contributed by atoms with van der Waals surface area (Å²) in [6.07, 6.45) is 3.29. The first-order chi connectivity index (χ1) is 11.7. The molecule has 0 spiro atoms. The van der Waals surface area contributed by atoms with Crippen molar-refractivity contribution in [3.8, 4) is 0 Å². The van der Waals surface area contributed by atoms with Crippen LogP contribution < -0.4 is 4.90 Å². The van der Waals surface area contributed by atoms with E-state index >= 15 is 0 Å². The normalized spacial score (nSPS) is 20.4. The molecule has 0 bridgehead atoms. The number of amides is 1. The molecule has 1 saturated heterocycles. The molecule has 2 aromatic carbocycles. The van der Waals surface area contributed by atoms with Gasteiger partial charge in [-0.15, -0.1) is 0 Å². The number of benzene rings is 2. The Bertz CT molecular complexity index is 755. The van der Waals surface area contributed by atoms with Crippen molar-refractivity contribution < 1.29 is 4.79 Å². The van der Waals surface area contributed by atoms with Gasteiger partial charge in [0, 0.05) is 18.3 Å². The molecular weight excluding hydrogens is 296 g/mol. The molecule has 24 heavy (non-hydrogen) atoms. The SMILES string of the molecule is Cc1cccc(C2CCCN2CC(=O)N2CCc3ccccc32)c1. The second-order valence-corrected chi connectivity index (χ2v) is 6.97. The maximum absolute atomic E-state index is 12.9. The fourth-order valence-electron chi connectivity index (χ4n) is 4.13. The lowest BCUT2D eigenvalue weighted by Crippen LogP contribution is -2.39. The first-order valence-electron chi connectivity index (χ1n) is 8.91. The molecular formula is C21H24N2O. The van der Waals surface area contributed by atoms with E-state index in [1.54, 1.807) is 0 Å². The van der Waals surface area contributed by atoms with Crippen LogP contribution >= 0.6 is 0 Å². The summed E-state index contributed by atoms with van der Waals surface area (Å²) in [6.45, 7) is 4.49. The third-order valence-electron chi connectivity index (χ3n) is 5.32. The smallest absolute Gasteiger partial charge is 0.241 e. The van der Waals surface area contributed by atoms with Crippen LogP contribution in [0.1, 0.15) is 35.6 Å². The van der Waals surface area contributed by atoms with Crippen LogP contribution in [0.15, 0.2) is 48.5 Å². The molecule has 2 aliphatic rings. The van der Waals surface area contributed by atoms with E-state index in [1.807, 2.05) is 11.0 Å². The van der Waals surface area contributed by atoms with Crippen LogP contribution in [0.5, 0.6) is 0 Å².